The van der Waals surface area contributed by atoms with Crippen LogP contribution in [0.1, 0.15) is 25.3 Å². The molecular weight excluding hydrogens is 414 g/mol. The van der Waals surface area contributed by atoms with Crippen LogP contribution in [-0.2, 0) is 19.1 Å². The molecule has 29 heavy (non-hydrogen) atoms. The van der Waals surface area contributed by atoms with E-state index < -0.39 is 5.97 Å². The molecular formula is C20H23NO6S2. The van der Waals surface area contributed by atoms with Gasteiger partial charge in [0.1, 0.15) is 4.32 Å². The van der Waals surface area contributed by atoms with Gasteiger partial charge < -0.3 is 18.9 Å². The standard InChI is InChI=1S/C20H23NO6S2/c1-3-25-18(22)12-27-15-7-6-13(9-16(15)24-2)10-17-19(23)21(20(28)29-17)11-14-5-4-8-26-14/h6-7,9-10,14H,3-5,8,11-12H2,1-2H3/b17-10-/t14-/m0/s1. The lowest BCUT2D eigenvalue weighted by Gasteiger charge is -2.18. The minimum atomic E-state index is -0.450. The van der Waals surface area contributed by atoms with E-state index in [1.807, 2.05) is 0 Å². The molecule has 156 valence electrons. The molecule has 2 heterocycles. The summed E-state index contributed by atoms with van der Waals surface area (Å²) in [5.74, 6) is 0.312. The van der Waals surface area contributed by atoms with Crippen molar-refractivity contribution in [2.45, 2.75) is 25.9 Å². The van der Waals surface area contributed by atoms with Crippen LogP contribution in [0.15, 0.2) is 23.1 Å². The van der Waals surface area contributed by atoms with Gasteiger partial charge in [-0.1, -0.05) is 30.0 Å². The van der Waals surface area contributed by atoms with E-state index in [9.17, 15) is 9.59 Å². The first kappa shape index (κ1) is 21.6. The van der Waals surface area contributed by atoms with Gasteiger partial charge >= 0.3 is 5.97 Å². The Kier molecular flexibility index (Phi) is 7.51. The maximum absolute atomic E-state index is 12.8. The Labute approximate surface area is 179 Å². The van der Waals surface area contributed by atoms with E-state index in [1.165, 1.54) is 18.9 Å². The van der Waals surface area contributed by atoms with Crippen LogP contribution in [0.4, 0.5) is 0 Å². The van der Waals surface area contributed by atoms with Crippen LogP contribution < -0.4 is 9.47 Å². The van der Waals surface area contributed by atoms with Crippen molar-refractivity contribution in [2.24, 2.45) is 0 Å². The molecule has 0 N–H and O–H groups in total. The highest BCUT2D eigenvalue weighted by molar-refractivity contribution is 8.26. The highest BCUT2D eigenvalue weighted by atomic mass is 32.2. The van der Waals surface area contributed by atoms with Gasteiger partial charge in [0.25, 0.3) is 5.91 Å². The number of hydrogen-bond donors (Lipinski definition) is 0. The average Bonchev–Trinajstić information content (AvgIpc) is 3.31. The SMILES string of the molecule is CCOC(=O)COc1ccc(/C=C2\SC(=S)N(C[C@@H]3CCCO3)C2=O)cc1OC. The molecule has 1 aromatic carbocycles. The van der Waals surface area contributed by atoms with Crippen LogP contribution >= 0.6 is 24.0 Å². The van der Waals surface area contributed by atoms with Gasteiger partial charge in [-0.15, -0.1) is 0 Å². The predicted molar refractivity (Wildman–Crippen MR) is 114 cm³/mol. The van der Waals surface area contributed by atoms with Crippen molar-refractivity contribution in [1.82, 2.24) is 4.90 Å². The van der Waals surface area contributed by atoms with E-state index in [1.54, 1.807) is 36.1 Å². The molecule has 2 fully saturated rings. The van der Waals surface area contributed by atoms with Crippen LogP contribution in [0, 0.1) is 0 Å². The number of ether oxygens (including phenoxy) is 4. The number of amides is 1. The monoisotopic (exact) mass is 437 g/mol. The topological polar surface area (TPSA) is 74.3 Å². The summed E-state index contributed by atoms with van der Waals surface area (Å²) in [7, 11) is 1.51. The largest absolute Gasteiger partial charge is 0.493 e. The number of esters is 1. The van der Waals surface area contributed by atoms with Crippen molar-refractivity contribution in [1.29, 1.82) is 0 Å². The minimum Gasteiger partial charge on any atom is -0.493 e. The maximum Gasteiger partial charge on any atom is 0.344 e. The van der Waals surface area contributed by atoms with Gasteiger partial charge in [-0.3, -0.25) is 9.69 Å². The van der Waals surface area contributed by atoms with E-state index in [4.69, 9.17) is 31.2 Å². The number of nitrogens with zero attached hydrogens (tertiary/aromatic N) is 1. The molecule has 1 aromatic rings. The van der Waals surface area contributed by atoms with Crippen molar-refractivity contribution in [3.8, 4) is 11.5 Å². The smallest absolute Gasteiger partial charge is 0.344 e. The molecule has 7 nitrogen and oxygen atoms in total. The number of carbonyl (C=O) groups is 2. The number of methoxy groups -OCH3 is 1. The minimum absolute atomic E-state index is 0.0489. The molecule has 3 rings (SSSR count). The molecule has 1 atom stereocenters. The van der Waals surface area contributed by atoms with E-state index in [0.29, 0.717) is 33.9 Å². The number of benzene rings is 1. The van der Waals surface area contributed by atoms with Crippen LogP contribution in [0.2, 0.25) is 0 Å². The highest BCUT2D eigenvalue weighted by Gasteiger charge is 2.34. The van der Waals surface area contributed by atoms with Crippen molar-refractivity contribution >= 4 is 46.3 Å². The van der Waals surface area contributed by atoms with Crippen LogP contribution in [-0.4, -0.2) is 60.7 Å². The molecule has 0 saturated carbocycles. The van der Waals surface area contributed by atoms with Gasteiger partial charge in [-0.2, -0.15) is 0 Å². The van der Waals surface area contributed by atoms with Crippen LogP contribution in [0.25, 0.3) is 6.08 Å². The average molecular weight is 438 g/mol. The number of thiocarbonyl (C=S) groups is 1. The fourth-order valence-corrected chi connectivity index (χ4v) is 4.31. The van der Waals surface area contributed by atoms with Crippen molar-refractivity contribution < 1.29 is 28.5 Å². The second-order valence-electron chi connectivity index (χ2n) is 6.43. The summed E-state index contributed by atoms with van der Waals surface area (Å²) in [6.07, 6.45) is 3.78. The van der Waals surface area contributed by atoms with E-state index in [-0.39, 0.29) is 18.6 Å². The Bertz CT molecular complexity index is 819. The van der Waals surface area contributed by atoms with E-state index in [2.05, 4.69) is 0 Å². The second-order valence-corrected chi connectivity index (χ2v) is 8.11. The van der Waals surface area contributed by atoms with Gasteiger partial charge in [-0.05, 0) is 43.5 Å². The van der Waals surface area contributed by atoms with Gasteiger partial charge in [0.2, 0.25) is 0 Å². The molecule has 2 aliphatic heterocycles. The van der Waals surface area contributed by atoms with Crippen LogP contribution in [0.5, 0.6) is 11.5 Å². The molecule has 2 saturated heterocycles. The Morgan fingerprint density at radius 2 is 2.24 bits per heavy atom. The lowest BCUT2D eigenvalue weighted by atomic mass is 10.1. The molecule has 0 radical (unpaired) electrons. The Morgan fingerprint density at radius 1 is 1.41 bits per heavy atom. The summed E-state index contributed by atoms with van der Waals surface area (Å²) in [6.45, 7) is 3.05. The van der Waals surface area contributed by atoms with Gasteiger partial charge in [-0.25, -0.2) is 4.79 Å². The molecule has 0 aliphatic carbocycles. The first-order valence-corrected chi connectivity index (χ1v) is 10.6. The van der Waals surface area contributed by atoms with Crippen molar-refractivity contribution in [3.63, 3.8) is 0 Å². The summed E-state index contributed by atoms with van der Waals surface area (Å²) in [5.41, 5.74) is 0.767. The van der Waals surface area contributed by atoms with E-state index >= 15 is 0 Å². The number of thioether (sulfide) groups is 1. The van der Waals surface area contributed by atoms with Crippen molar-refractivity contribution in [3.05, 3.63) is 28.7 Å². The first-order valence-electron chi connectivity index (χ1n) is 9.35. The third-order valence-electron chi connectivity index (χ3n) is 4.42. The molecule has 2 aliphatic rings. The zero-order valence-electron chi connectivity index (χ0n) is 16.3. The summed E-state index contributed by atoms with van der Waals surface area (Å²) in [4.78, 5) is 26.4. The lowest BCUT2D eigenvalue weighted by molar-refractivity contribution is -0.145. The molecule has 0 aromatic heterocycles. The van der Waals surface area contributed by atoms with E-state index in [0.717, 1.165) is 25.0 Å². The van der Waals surface area contributed by atoms with Crippen LogP contribution in [0.3, 0.4) is 0 Å². The fraction of sp³-hybridized carbons (Fsp3) is 0.450. The Hall–Kier alpha value is -2.10. The molecule has 9 heteroatoms. The summed E-state index contributed by atoms with van der Waals surface area (Å²) in [5, 5.41) is 0. The Balaban J connectivity index is 1.69. The predicted octanol–water partition coefficient (Wildman–Crippen LogP) is 3.02. The first-order chi connectivity index (χ1) is 14.0. The maximum atomic E-state index is 12.8. The third kappa shape index (κ3) is 5.49. The number of hydrogen-bond acceptors (Lipinski definition) is 8. The summed E-state index contributed by atoms with van der Waals surface area (Å²) in [6, 6.07) is 5.22. The quantitative estimate of drug-likeness (QED) is 0.349. The van der Waals surface area contributed by atoms with Gasteiger partial charge in [0.05, 0.1) is 31.3 Å². The third-order valence-corrected chi connectivity index (χ3v) is 5.80. The Morgan fingerprint density at radius 3 is 2.93 bits per heavy atom. The lowest BCUT2D eigenvalue weighted by Crippen LogP contribution is -2.35. The fourth-order valence-electron chi connectivity index (χ4n) is 3.03. The molecule has 1 amide bonds. The molecule has 0 unspecified atom stereocenters. The van der Waals surface area contributed by atoms with Gasteiger partial charge in [0.15, 0.2) is 18.1 Å². The van der Waals surface area contributed by atoms with Gasteiger partial charge in [0, 0.05) is 6.61 Å². The molecule has 0 bridgehead atoms. The summed E-state index contributed by atoms with van der Waals surface area (Å²) < 4.78 is 21.8. The highest BCUT2D eigenvalue weighted by Crippen LogP contribution is 2.35. The van der Waals surface area contributed by atoms with Crippen molar-refractivity contribution in [2.75, 3.05) is 33.5 Å². The zero-order valence-corrected chi connectivity index (χ0v) is 18.0. The second kappa shape index (κ2) is 10.1. The zero-order chi connectivity index (χ0) is 20.8. The number of rotatable bonds is 8. The molecule has 0 spiro atoms. The number of carbonyl (C=O) groups excluding carboxylic acids is 2. The summed E-state index contributed by atoms with van der Waals surface area (Å²) >= 11 is 6.66. The normalized spacial score (nSPS) is 20.4.